The van der Waals surface area contributed by atoms with Crippen LogP contribution in [0.2, 0.25) is 0 Å². The maximum absolute atomic E-state index is 13.1. The molecule has 0 aliphatic heterocycles. The summed E-state index contributed by atoms with van der Waals surface area (Å²) in [6.07, 6.45) is 2.14. The highest BCUT2D eigenvalue weighted by Gasteiger charge is 2.31. The van der Waals surface area contributed by atoms with Crippen molar-refractivity contribution in [3.8, 4) is 17.0 Å². The van der Waals surface area contributed by atoms with E-state index in [0.717, 1.165) is 24.1 Å². The van der Waals surface area contributed by atoms with Gasteiger partial charge in [0.05, 0.1) is 18.5 Å². The molecule has 2 aromatic carbocycles. The van der Waals surface area contributed by atoms with Gasteiger partial charge in [-0.05, 0) is 49.2 Å². The van der Waals surface area contributed by atoms with Crippen molar-refractivity contribution >= 4 is 11.6 Å². The van der Waals surface area contributed by atoms with E-state index in [2.05, 4.69) is 15.5 Å². The zero-order chi connectivity index (χ0) is 18.1. The highest BCUT2D eigenvalue weighted by Crippen LogP contribution is 2.45. The maximum Gasteiger partial charge on any atom is 0.255 e. The first kappa shape index (κ1) is 16.3. The van der Waals surface area contributed by atoms with Crippen LogP contribution in [0.15, 0.2) is 48.5 Å². The minimum atomic E-state index is -0.374. The molecule has 1 aliphatic carbocycles. The van der Waals surface area contributed by atoms with Crippen LogP contribution in [0.5, 0.6) is 5.75 Å². The van der Waals surface area contributed by atoms with Crippen LogP contribution >= 0.6 is 0 Å². The fourth-order valence-electron chi connectivity index (χ4n) is 2.92. The van der Waals surface area contributed by atoms with Crippen LogP contribution in [-0.4, -0.2) is 23.2 Å². The Balaban J connectivity index is 1.70. The number of nitrogens with one attached hydrogen (secondary N) is 2. The van der Waals surface area contributed by atoms with Crippen molar-refractivity contribution in [3.05, 3.63) is 65.6 Å². The highest BCUT2D eigenvalue weighted by molar-refractivity contribution is 6.06. The van der Waals surface area contributed by atoms with Crippen molar-refractivity contribution in [1.82, 2.24) is 10.2 Å². The van der Waals surface area contributed by atoms with Crippen LogP contribution in [0.4, 0.5) is 10.1 Å². The lowest BCUT2D eigenvalue weighted by atomic mass is 10.1. The molecule has 26 heavy (non-hydrogen) atoms. The van der Waals surface area contributed by atoms with Crippen molar-refractivity contribution in [2.24, 2.45) is 0 Å². The number of aromatic nitrogens is 2. The molecule has 1 heterocycles. The molecular weight excluding hydrogens is 333 g/mol. The van der Waals surface area contributed by atoms with Gasteiger partial charge in [-0.2, -0.15) is 5.10 Å². The number of amides is 1. The summed E-state index contributed by atoms with van der Waals surface area (Å²) in [7, 11) is 1.61. The van der Waals surface area contributed by atoms with Gasteiger partial charge in [0.25, 0.3) is 5.91 Å². The molecule has 0 saturated heterocycles. The summed E-state index contributed by atoms with van der Waals surface area (Å²) in [5, 5.41) is 10.5. The Labute approximate surface area is 150 Å². The fourth-order valence-corrected chi connectivity index (χ4v) is 2.92. The van der Waals surface area contributed by atoms with Gasteiger partial charge >= 0.3 is 0 Å². The Morgan fingerprint density at radius 1 is 1.23 bits per heavy atom. The van der Waals surface area contributed by atoms with Crippen LogP contribution in [0.3, 0.4) is 0 Å². The summed E-state index contributed by atoms with van der Waals surface area (Å²) in [4.78, 5) is 12.6. The summed E-state index contributed by atoms with van der Waals surface area (Å²) in [6, 6.07) is 13.0. The molecule has 1 fully saturated rings. The number of anilines is 1. The van der Waals surface area contributed by atoms with E-state index in [-0.39, 0.29) is 11.7 Å². The number of H-pyrrole nitrogens is 1. The van der Waals surface area contributed by atoms with Crippen molar-refractivity contribution in [2.45, 2.75) is 18.8 Å². The van der Waals surface area contributed by atoms with Gasteiger partial charge in [0.15, 0.2) is 0 Å². The zero-order valence-corrected chi connectivity index (χ0v) is 14.3. The molecule has 1 aliphatic rings. The van der Waals surface area contributed by atoms with Crippen molar-refractivity contribution in [2.75, 3.05) is 12.4 Å². The van der Waals surface area contributed by atoms with E-state index in [1.54, 1.807) is 7.11 Å². The molecule has 1 aromatic heterocycles. The standard InChI is InChI=1S/C20H18FN3O2/c1-26-16-4-2-3-14(11-16)18-19(17(23-24-18)12-5-6-12)22-20(25)13-7-9-15(21)10-8-13/h2-4,7-12H,5-6H2,1H3,(H,22,25)(H,23,24). The molecule has 0 spiro atoms. The molecule has 5 nitrogen and oxygen atoms in total. The molecular formula is C20H18FN3O2. The number of hydrogen-bond donors (Lipinski definition) is 2. The summed E-state index contributed by atoms with van der Waals surface area (Å²) >= 11 is 0. The number of benzene rings is 2. The highest BCUT2D eigenvalue weighted by atomic mass is 19.1. The first-order chi connectivity index (χ1) is 12.7. The largest absolute Gasteiger partial charge is 0.497 e. The lowest BCUT2D eigenvalue weighted by Gasteiger charge is -2.09. The van der Waals surface area contributed by atoms with Gasteiger partial charge in [-0.3, -0.25) is 9.89 Å². The third-order valence-electron chi connectivity index (χ3n) is 4.47. The minimum absolute atomic E-state index is 0.294. The molecule has 3 aromatic rings. The van der Waals surface area contributed by atoms with E-state index >= 15 is 0 Å². The lowest BCUT2D eigenvalue weighted by Crippen LogP contribution is -2.13. The average Bonchev–Trinajstić information content (AvgIpc) is 3.43. The van der Waals surface area contributed by atoms with Crippen LogP contribution in [0.25, 0.3) is 11.3 Å². The van der Waals surface area contributed by atoms with E-state index in [1.165, 1.54) is 24.3 Å². The van der Waals surface area contributed by atoms with E-state index in [1.807, 2.05) is 24.3 Å². The first-order valence-corrected chi connectivity index (χ1v) is 8.45. The van der Waals surface area contributed by atoms with E-state index < -0.39 is 0 Å². The first-order valence-electron chi connectivity index (χ1n) is 8.45. The summed E-state index contributed by atoms with van der Waals surface area (Å²) in [5.41, 5.74) is 3.52. The predicted octanol–water partition coefficient (Wildman–Crippen LogP) is 4.35. The summed E-state index contributed by atoms with van der Waals surface area (Å²) < 4.78 is 18.4. The molecule has 1 amide bonds. The molecule has 0 radical (unpaired) electrons. The van der Waals surface area contributed by atoms with Crippen LogP contribution in [-0.2, 0) is 0 Å². The minimum Gasteiger partial charge on any atom is -0.497 e. The van der Waals surface area contributed by atoms with E-state index in [0.29, 0.717) is 28.6 Å². The number of carbonyl (C=O) groups is 1. The number of methoxy groups -OCH3 is 1. The Morgan fingerprint density at radius 3 is 2.69 bits per heavy atom. The second-order valence-corrected chi connectivity index (χ2v) is 6.33. The topological polar surface area (TPSA) is 67.0 Å². The van der Waals surface area contributed by atoms with Gasteiger partial charge in [-0.1, -0.05) is 12.1 Å². The number of carbonyl (C=O) groups excluding carboxylic acids is 1. The number of nitrogens with zero attached hydrogens (tertiary/aromatic N) is 1. The predicted molar refractivity (Wildman–Crippen MR) is 96.9 cm³/mol. The number of rotatable bonds is 5. The Kier molecular flexibility index (Phi) is 4.16. The number of ether oxygens (including phenoxy) is 1. The smallest absolute Gasteiger partial charge is 0.255 e. The van der Waals surface area contributed by atoms with Crippen LogP contribution in [0.1, 0.15) is 34.8 Å². The Bertz CT molecular complexity index is 946. The quantitative estimate of drug-likeness (QED) is 0.718. The molecule has 1 saturated carbocycles. The SMILES string of the molecule is COc1cccc(-c2n[nH]c(C3CC3)c2NC(=O)c2ccc(F)cc2)c1. The van der Waals surface area contributed by atoms with Gasteiger partial charge in [-0.15, -0.1) is 0 Å². The second-order valence-electron chi connectivity index (χ2n) is 6.33. The molecule has 4 rings (SSSR count). The third-order valence-corrected chi connectivity index (χ3v) is 4.47. The van der Waals surface area contributed by atoms with Gasteiger partial charge in [0.2, 0.25) is 0 Å². The van der Waals surface area contributed by atoms with Crippen LogP contribution < -0.4 is 10.1 Å². The maximum atomic E-state index is 13.1. The van der Waals surface area contributed by atoms with Crippen molar-refractivity contribution in [3.63, 3.8) is 0 Å². The Morgan fingerprint density at radius 2 is 2.00 bits per heavy atom. The lowest BCUT2D eigenvalue weighted by molar-refractivity contribution is 0.102. The molecule has 132 valence electrons. The van der Waals surface area contributed by atoms with Gasteiger partial charge in [0.1, 0.15) is 17.3 Å². The molecule has 0 atom stereocenters. The van der Waals surface area contributed by atoms with Crippen molar-refractivity contribution in [1.29, 1.82) is 0 Å². The molecule has 0 unspecified atom stereocenters. The number of aromatic amines is 1. The van der Waals surface area contributed by atoms with E-state index in [4.69, 9.17) is 4.74 Å². The van der Waals surface area contributed by atoms with Crippen LogP contribution in [0, 0.1) is 5.82 Å². The second kappa shape index (κ2) is 6.63. The molecule has 6 heteroatoms. The number of hydrogen-bond acceptors (Lipinski definition) is 3. The number of halogens is 1. The normalized spacial score (nSPS) is 13.5. The fraction of sp³-hybridized carbons (Fsp3) is 0.200. The van der Waals surface area contributed by atoms with Gasteiger partial charge < -0.3 is 10.1 Å². The van der Waals surface area contributed by atoms with Gasteiger partial charge in [-0.25, -0.2) is 4.39 Å². The van der Waals surface area contributed by atoms with E-state index in [9.17, 15) is 9.18 Å². The monoisotopic (exact) mass is 351 g/mol. The summed E-state index contributed by atoms with van der Waals surface area (Å²) in [5.74, 6) is 0.428. The zero-order valence-electron chi connectivity index (χ0n) is 14.3. The summed E-state index contributed by atoms with van der Waals surface area (Å²) in [6.45, 7) is 0. The third kappa shape index (κ3) is 3.18. The Hall–Kier alpha value is -3.15. The van der Waals surface area contributed by atoms with Gasteiger partial charge in [0, 0.05) is 17.0 Å². The molecule has 2 N–H and O–H groups in total. The molecule has 0 bridgehead atoms. The average molecular weight is 351 g/mol. The van der Waals surface area contributed by atoms with Crippen molar-refractivity contribution < 1.29 is 13.9 Å².